The quantitative estimate of drug-likeness (QED) is 0.876. The van der Waals surface area contributed by atoms with Crippen molar-refractivity contribution in [2.75, 3.05) is 13.1 Å². The van der Waals surface area contributed by atoms with E-state index >= 15 is 0 Å². The molecule has 1 atom stereocenters. The second-order valence-electron chi connectivity index (χ2n) is 4.34. The minimum Gasteiger partial charge on any atom is -0.329 e. The number of hydrogen-bond donors (Lipinski definition) is 2. The Morgan fingerprint density at radius 1 is 1.42 bits per heavy atom. The average molecular weight is 273 g/mol. The predicted octanol–water partition coefficient (Wildman–Crippen LogP) is 1.44. The van der Waals surface area contributed by atoms with Crippen molar-refractivity contribution in [2.24, 2.45) is 5.73 Å². The maximum Gasteiger partial charge on any atom is 0.416 e. The summed E-state index contributed by atoms with van der Waals surface area (Å²) in [6.07, 6.45) is -4.24. The zero-order valence-corrected chi connectivity index (χ0v) is 10.1. The molecule has 1 aromatic carbocycles. The van der Waals surface area contributed by atoms with E-state index in [1.807, 2.05) is 0 Å². The lowest BCUT2D eigenvalue weighted by Crippen LogP contribution is -2.38. The zero-order valence-electron chi connectivity index (χ0n) is 10.1. The van der Waals surface area contributed by atoms with Gasteiger partial charge in [0.1, 0.15) is 0 Å². The van der Waals surface area contributed by atoms with E-state index in [1.165, 1.54) is 11.1 Å². The lowest BCUT2D eigenvalue weighted by atomic mass is 10.0. The van der Waals surface area contributed by atoms with E-state index in [9.17, 15) is 18.0 Å². The Morgan fingerprint density at radius 3 is 2.79 bits per heavy atom. The molecule has 1 aromatic rings. The van der Waals surface area contributed by atoms with Crippen LogP contribution >= 0.6 is 0 Å². The summed E-state index contributed by atoms with van der Waals surface area (Å²) in [4.78, 5) is 11.6. The van der Waals surface area contributed by atoms with E-state index in [0.717, 1.165) is 12.1 Å². The summed E-state index contributed by atoms with van der Waals surface area (Å²) in [5, 5.41) is 1.35. The van der Waals surface area contributed by atoms with Gasteiger partial charge in [0.2, 0.25) is 5.91 Å². The molecule has 0 radical (unpaired) electrons. The van der Waals surface area contributed by atoms with Gasteiger partial charge in [0.15, 0.2) is 0 Å². The number of amides is 1. The Labute approximate surface area is 108 Å². The fourth-order valence-corrected chi connectivity index (χ4v) is 2.03. The molecule has 1 fully saturated rings. The van der Waals surface area contributed by atoms with Crippen LogP contribution in [0.1, 0.15) is 23.6 Å². The molecular weight excluding hydrogens is 259 g/mol. The molecule has 0 saturated carbocycles. The first-order valence-corrected chi connectivity index (χ1v) is 5.85. The van der Waals surface area contributed by atoms with E-state index in [0.29, 0.717) is 18.7 Å². The van der Waals surface area contributed by atoms with Gasteiger partial charge in [-0.25, -0.2) is 5.43 Å². The number of halogens is 3. The normalized spacial score (nSPS) is 20.1. The van der Waals surface area contributed by atoms with Crippen molar-refractivity contribution >= 4 is 5.91 Å². The van der Waals surface area contributed by atoms with Crippen LogP contribution in [0.15, 0.2) is 24.3 Å². The van der Waals surface area contributed by atoms with Gasteiger partial charge in [0.25, 0.3) is 0 Å². The van der Waals surface area contributed by atoms with E-state index in [2.05, 4.69) is 5.43 Å². The number of benzene rings is 1. The van der Waals surface area contributed by atoms with Crippen molar-refractivity contribution in [1.29, 1.82) is 0 Å². The third-order valence-corrected chi connectivity index (χ3v) is 2.96. The molecule has 19 heavy (non-hydrogen) atoms. The standard InChI is InChI=1S/C12H14F3N3O/c13-12(14,15)9-3-1-2-8(6-9)10-7-11(19)18(17-10)5-4-16/h1-3,6,10,17H,4-5,7,16H2. The average Bonchev–Trinajstić information content (AvgIpc) is 2.71. The van der Waals surface area contributed by atoms with Crippen molar-refractivity contribution < 1.29 is 18.0 Å². The second kappa shape index (κ2) is 5.18. The monoisotopic (exact) mass is 273 g/mol. The molecular formula is C12H14F3N3O. The molecule has 1 aliphatic heterocycles. The van der Waals surface area contributed by atoms with E-state index in [4.69, 9.17) is 5.73 Å². The van der Waals surface area contributed by atoms with Gasteiger partial charge in [0, 0.05) is 19.5 Å². The predicted molar refractivity (Wildman–Crippen MR) is 62.7 cm³/mol. The molecule has 0 bridgehead atoms. The maximum absolute atomic E-state index is 12.6. The summed E-state index contributed by atoms with van der Waals surface area (Å²) < 4.78 is 37.8. The minimum absolute atomic E-state index is 0.140. The molecule has 1 amide bonds. The van der Waals surface area contributed by atoms with Crippen molar-refractivity contribution in [3.05, 3.63) is 35.4 Å². The highest BCUT2D eigenvalue weighted by molar-refractivity contribution is 5.78. The van der Waals surface area contributed by atoms with Gasteiger partial charge in [-0.1, -0.05) is 12.1 Å². The molecule has 1 aliphatic rings. The molecule has 1 saturated heterocycles. The molecule has 4 nitrogen and oxygen atoms in total. The largest absolute Gasteiger partial charge is 0.416 e. The number of nitrogens with one attached hydrogen (secondary N) is 1. The second-order valence-corrected chi connectivity index (χ2v) is 4.34. The summed E-state index contributed by atoms with van der Waals surface area (Å²) in [5.41, 5.74) is 7.96. The van der Waals surface area contributed by atoms with Crippen LogP contribution in [0.4, 0.5) is 13.2 Å². The van der Waals surface area contributed by atoms with E-state index < -0.39 is 17.8 Å². The summed E-state index contributed by atoms with van der Waals surface area (Å²) in [6, 6.07) is 4.57. The summed E-state index contributed by atoms with van der Waals surface area (Å²) in [7, 11) is 0. The number of alkyl halides is 3. The first-order chi connectivity index (χ1) is 8.91. The smallest absolute Gasteiger partial charge is 0.329 e. The molecule has 1 unspecified atom stereocenters. The third kappa shape index (κ3) is 3.05. The van der Waals surface area contributed by atoms with Gasteiger partial charge in [-0.15, -0.1) is 0 Å². The molecule has 0 aromatic heterocycles. The van der Waals surface area contributed by atoms with Gasteiger partial charge in [-0.3, -0.25) is 9.80 Å². The van der Waals surface area contributed by atoms with E-state index in [1.54, 1.807) is 6.07 Å². The summed E-state index contributed by atoms with van der Waals surface area (Å²) in [6.45, 7) is 0.641. The van der Waals surface area contributed by atoms with Crippen LogP contribution in [-0.2, 0) is 11.0 Å². The number of nitrogens with zero attached hydrogens (tertiary/aromatic N) is 1. The van der Waals surface area contributed by atoms with Crippen molar-refractivity contribution in [1.82, 2.24) is 10.4 Å². The zero-order chi connectivity index (χ0) is 14.0. The van der Waals surface area contributed by atoms with Crippen molar-refractivity contribution in [2.45, 2.75) is 18.6 Å². The highest BCUT2D eigenvalue weighted by atomic mass is 19.4. The molecule has 1 heterocycles. The first kappa shape index (κ1) is 13.8. The van der Waals surface area contributed by atoms with Crippen LogP contribution in [0.2, 0.25) is 0 Å². The fourth-order valence-electron chi connectivity index (χ4n) is 2.03. The van der Waals surface area contributed by atoms with Crippen LogP contribution < -0.4 is 11.2 Å². The third-order valence-electron chi connectivity index (χ3n) is 2.96. The van der Waals surface area contributed by atoms with Crippen molar-refractivity contribution in [3.63, 3.8) is 0 Å². The number of hydrogen-bond acceptors (Lipinski definition) is 3. The van der Waals surface area contributed by atoms with Crippen LogP contribution in [0, 0.1) is 0 Å². The van der Waals surface area contributed by atoms with E-state index in [-0.39, 0.29) is 12.3 Å². The topological polar surface area (TPSA) is 58.4 Å². The lowest BCUT2D eigenvalue weighted by molar-refractivity contribution is -0.137. The molecule has 2 rings (SSSR count). The Hall–Kier alpha value is -1.60. The SMILES string of the molecule is NCCN1NC(c2cccc(C(F)(F)F)c2)CC1=O. The Morgan fingerprint density at radius 2 is 2.16 bits per heavy atom. The Kier molecular flexibility index (Phi) is 3.77. The van der Waals surface area contributed by atoms with Crippen LogP contribution in [0.3, 0.4) is 0 Å². The highest BCUT2D eigenvalue weighted by Crippen LogP contribution is 2.32. The van der Waals surface area contributed by atoms with Gasteiger partial charge in [-0.05, 0) is 17.7 Å². The number of hydrazine groups is 1. The molecule has 7 heteroatoms. The molecule has 104 valence electrons. The van der Waals surface area contributed by atoms with Crippen molar-refractivity contribution in [3.8, 4) is 0 Å². The number of carbonyl (C=O) groups excluding carboxylic acids is 1. The van der Waals surface area contributed by atoms with Gasteiger partial charge in [-0.2, -0.15) is 13.2 Å². The lowest BCUT2D eigenvalue weighted by Gasteiger charge is -2.17. The summed E-state index contributed by atoms with van der Waals surface area (Å²) >= 11 is 0. The molecule has 0 spiro atoms. The number of rotatable bonds is 3. The molecule has 0 aliphatic carbocycles. The Balaban J connectivity index is 2.18. The number of nitrogens with two attached hydrogens (primary N) is 1. The minimum atomic E-state index is -4.38. The first-order valence-electron chi connectivity index (χ1n) is 5.85. The van der Waals surface area contributed by atoms with Crippen LogP contribution in [-0.4, -0.2) is 24.0 Å². The van der Waals surface area contributed by atoms with Gasteiger partial charge >= 0.3 is 6.18 Å². The Bertz CT molecular complexity index is 476. The highest BCUT2D eigenvalue weighted by Gasteiger charge is 2.33. The van der Waals surface area contributed by atoms with Crippen LogP contribution in [0.25, 0.3) is 0 Å². The van der Waals surface area contributed by atoms with Gasteiger partial charge in [0.05, 0.1) is 11.6 Å². The van der Waals surface area contributed by atoms with Gasteiger partial charge < -0.3 is 5.73 Å². The molecule has 3 N–H and O–H groups in total. The van der Waals surface area contributed by atoms with Crippen LogP contribution in [0.5, 0.6) is 0 Å². The maximum atomic E-state index is 12.6. The summed E-state index contributed by atoms with van der Waals surface area (Å²) in [5.74, 6) is -0.159. The number of carbonyl (C=O) groups is 1. The fraction of sp³-hybridized carbons (Fsp3) is 0.417.